The molecule has 28 heavy (non-hydrogen) atoms. The minimum absolute atomic E-state index is 0.265. The molecule has 140 valence electrons. The molecular weight excluding hydrogens is 439 g/mol. The fraction of sp³-hybridized carbons (Fsp3) is 0.0909. The molecular formula is C22H16BrFN2OS. The SMILES string of the molecule is Fc1ccc(-c2nnc(SCCOc3ccc(Br)cc3)c3ccccc23)cc1. The zero-order chi connectivity index (χ0) is 19.3. The molecule has 0 aliphatic heterocycles. The van der Waals surface area contributed by atoms with E-state index in [2.05, 4.69) is 26.1 Å². The maximum atomic E-state index is 13.2. The highest BCUT2D eigenvalue weighted by Crippen LogP contribution is 2.31. The van der Waals surface area contributed by atoms with E-state index < -0.39 is 0 Å². The monoisotopic (exact) mass is 454 g/mol. The molecule has 0 N–H and O–H groups in total. The molecule has 0 fully saturated rings. The zero-order valence-corrected chi connectivity index (χ0v) is 17.2. The Morgan fingerprint density at radius 2 is 1.57 bits per heavy atom. The van der Waals surface area contributed by atoms with Crippen LogP contribution in [0.5, 0.6) is 5.75 Å². The highest BCUT2D eigenvalue weighted by atomic mass is 79.9. The van der Waals surface area contributed by atoms with Crippen molar-refractivity contribution in [1.29, 1.82) is 0 Å². The third-order valence-electron chi connectivity index (χ3n) is 4.18. The molecule has 1 aromatic heterocycles. The van der Waals surface area contributed by atoms with Crippen LogP contribution in [0.1, 0.15) is 0 Å². The second kappa shape index (κ2) is 8.71. The van der Waals surface area contributed by atoms with Crippen LogP contribution in [0.15, 0.2) is 82.3 Å². The number of thioether (sulfide) groups is 1. The molecule has 4 rings (SSSR count). The van der Waals surface area contributed by atoms with Crippen LogP contribution in [-0.4, -0.2) is 22.6 Å². The number of nitrogens with zero attached hydrogens (tertiary/aromatic N) is 2. The van der Waals surface area contributed by atoms with Gasteiger partial charge >= 0.3 is 0 Å². The zero-order valence-electron chi connectivity index (χ0n) is 14.8. The van der Waals surface area contributed by atoms with E-state index in [1.54, 1.807) is 23.9 Å². The summed E-state index contributed by atoms with van der Waals surface area (Å²) < 4.78 is 20.0. The first-order valence-electron chi connectivity index (χ1n) is 8.73. The van der Waals surface area contributed by atoms with Crippen molar-refractivity contribution < 1.29 is 9.13 Å². The van der Waals surface area contributed by atoms with Gasteiger partial charge in [0.25, 0.3) is 0 Å². The Balaban J connectivity index is 1.51. The fourth-order valence-electron chi connectivity index (χ4n) is 2.84. The molecule has 0 bridgehead atoms. The number of aromatic nitrogens is 2. The van der Waals surface area contributed by atoms with E-state index in [1.165, 1.54) is 12.1 Å². The second-order valence-corrected chi connectivity index (χ2v) is 8.06. The van der Waals surface area contributed by atoms with Crippen molar-refractivity contribution in [2.75, 3.05) is 12.4 Å². The lowest BCUT2D eigenvalue weighted by molar-refractivity contribution is 0.344. The predicted octanol–water partition coefficient (Wildman–Crippen LogP) is 6.37. The molecule has 0 atom stereocenters. The van der Waals surface area contributed by atoms with Gasteiger partial charge in [-0.1, -0.05) is 40.2 Å². The summed E-state index contributed by atoms with van der Waals surface area (Å²) in [7, 11) is 0. The fourth-order valence-corrected chi connectivity index (χ4v) is 3.89. The number of halogens is 2. The van der Waals surface area contributed by atoms with E-state index in [1.807, 2.05) is 48.5 Å². The molecule has 0 spiro atoms. The summed E-state index contributed by atoms with van der Waals surface area (Å²) in [6.45, 7) is 0.571. The van der Waals surface area contributed by atoms with Crippen LogP contribution in [0.2, 0.25) is 0 Å². The van der Waals surface area contributed by atoms with E-state index >= 15 is 0 Å². The Bertz CT molecular complexity index is 1090. The molecule has 3 aromatic carbocycles. The van der Waals surface area contributed by atoms with Crippen molar-refractivity contribution in [2.45, 2.75) is 5.03 Å². The van der Waals surface area contributed by atoms with Crippen molar-refractivity contribution >= 4 is 38.5 Å². The summed E-state index contributed by atoms with van der Waals surface area (Å²) in [6.07, 6.45) is 0. The van der Waals surface area contributed by atoms with Gasteiger partial charge in [0.15, 0.2) is 0 Å². The van der Waals surface area contributed by atoms with Crippen LogP contribution in [0.4, 0.5) is 4.39 Å². The number of hydrogen-bond donors (Lipinski definition) is 0. The molecule has 0 amide bonds. The number of benzene rings is 3. The van der Waals surface area contributed by atoms with Crippen molar-refractivity contribution in [3.8, 4) is 17.0 Å². The first kappa shape index (κ1) is 18.9. The van der Waals surface area contributed by atoms with Gasteiger partial charge in [-0.3, -0.25) is 0 Å². The summed E-state index contributed by atoms with van der Waals surface area (Å²) in [5, 5.41) is 11.7. The topological polar surface area (TPSA) is 35.0 Å². The number of rotatable bonds is 6. The van der Waals surface area contributed by atoms with Gasteiger partial charge in [0.1, 0.15) is 22.3 Å². The summed E-state index contributed by atoms with van der Waals surface area (Å²) in [5.41, 5.74) is 1.60. The van der Waals surface area contributed by atoms with E-state index in [0.717, 1.165) is 43.0 Å². The molecule has 1 heterocycles. The minimum Gasteiger partial charge on any atom is -0.493 e. The highest BCUT2D eigenvalue weighted by molar-refractivity contribution is 9.10. The molecule has 0 radical (unpaired) electrons. The third-order valence-corrected chi connectivity index (χ3v) is 5.65. The number of ether oxygens (including phenoxy) is 1. The van der Waals surface area contributed by atoms with Crippen molar-refractivity contribution in [1.82, 2.24) is 10.2 Å². The maximum absolute atomic E-state index is 13.2. The molecule has 0 unspecified atom stereocenters. The van der Waals surface area contributed by atoms with Crippen molar-refractivity contribution in [3.63, 3.8) is 0 Å². The Kier molecular flexibility index (Phi) is 5.88. The molecule has 0 aliphatic rings. The Morgan fingerprint density at radius 3 is 2.32 bits per heavy atom. The molecule has 0 aliphatic carbocycles. The van der Waals surface area contributed by atoms with E-state index in [-0.39, 0.29) is 5.82 Å². The quantitative estimate of drug-likeness (QED) is 0.250. The van der Waals surface area contributed by atoms with Gasteiger partial charge in [-0.2, -0.15) is 0 Å². The summed E-state index contributed by atoms with van der Waals surface area (Å²) in [5.74, 6) is 1.33. The third kappa shape index (κ3) is 4.34. The standard InChI is InChI=1S/C22H16BrFN2OS/c23-16-7-11-18(12-8-16)27-13-14-28-22-20-4-2-1-3-19(20)21(25-26-22)15-5-9-17(24)10-6-15/h1-12H,13-14H2. The average Bonchev–Trinajstić information content (AvgIpc) is 2.73. The van der Waals surface area contributed by atoms with Crippen molar-refractivity contribution in [2.24, 2.45) is 0 Å². The average molecular weight is 455 g/mol. The molecule has 0 saturated carbocycles. The van der Waals surface area contributed by atoms with Crippen LogP contribution < -0.4 is 4.74 Å². The molecule has 4 aromatic rings. The van der Waals surface area contributed by atoms with Gasteiger partial charge in [0, 0.05) is 26.6 Å². The smallest absolute Gasteiger partial charge is 0.127 e. The predicted molar refractivity (Wildman–Crippen MR) is 115 cm³/mol. The van der Waals surface area contributed by atoms with Gasteiger partial charge < -0.3 is 4.74 Å². The summed E-state index contributed by atoms with van der Waals surface area (Å²) in [4.78, 5) is 0. The Morgan fingerprint density at radius 1 is 0.857 bits per heavy atom. The van der Waals surface area contributed by atoms with Gasteiger partial charge in [-0.15, -0.1) is 22.0 Å². The maximum Gasteiger partial charge on any atom is 0.127 e. The number of hydrogen-bond acceptors (Lipinski definition) is 4. The molecule has 0 saturated heterocycles. The largest absolute Gasteiger partial charge is 0.493 e. The first-order chi connectivity index (χ1) is 13.7. The van der Waals surface area contributed by atoms with E-state index in [9.17, 15) is 4.39 Å². The normalized spacial score (nSPS) is 10.9. The van der Waals surface area contributed by atoms with Crippen LogP contribution >= 0.6 is 27.7 Å². The highest BCUT2D eigenvalue weighted by Gasteiger charge is 2.11. The van der Waals surface area contributed by atoms with Gasteiger partial charge in [-0.05, 0) is 48.5 Å². The summed E-state index contributed by atoms with van der Waals surface area (Å²) >= 11 is 5.02. The number of fused-ring (bicyclic) bond motifs is 1. The Hall–Kier alpha value is -2.44. The van der Waals surface area contributed by atoms with Crippen LogP contribution in [-0.2, 0) is 0 Å². The molecule has 3 nitrogen and oxygen atoms in total. The lowest BCUT2D eigenvalue weighted by Gasteiger charge is -2.10. The lowest BCUT2D eigenvalue weighted by atomic mass is 10.1. The van der Waals surface area contributed by atoms with Crippen LogP contribution in [0.3, 0.4) is 0 Å². The van der Waals surface area contributed by atoms with Gasteiger partial charge in [-0.25, -0.2) is 4.39 Å². The van der Waals surface area contributed by atoms with Crippen molar-refractivity contribution in [3.05, 3.63) is 83.1 Å². The van der Waals surface area contributed by atoms with Gasteiger partial charge in [0.2, 0.25) is 0 Å². The minimum atomic E-state index is -0.265. The molecule has 6 heteroatoms. The van der Waals surface area contributed by atoms with E-state index in [0.29, 0.717) is 6.61 Å². The van der Waals surface area contributed by atoms with Gasteiger partial charge in [0.05, 0.1) is 6.61 Å². The summed E-state index contributed by atoms with van der Waals surface area (Å²) in [6, 6.07) is 22.1. The van der Waals surface area contributed by atoms with E-state index in [4.69, 9.17) is 4.74 Å². The Labute approximate surface area is 175 Å². The second-order valence-electron chi connectivity index (χ2n) is 6.06. The first-order valence-corrected chi connectivity index (χ1v) is 10.5. The van der Waals surface area contributed by atoms with Crippen LogP contribution in [0.25, 0.3) is 22.0 Å². The van der Waals surface area contributed by atoms with Crippen LogP contribution in [0, 0.1) is 5.82 Å². The lowest BCUT2D eigenvalue weighted by Crippen LogP contribution is -2.01.